The highest BCUT2D eigenvalue weighted by Crippen LogP contribution is 2.45. The monoisotopic (exact) mass is 189 g/mol. The second-order valence-electron chi connectivity index (χ2n) is 4.72. The van der Waals surface area contributed by atoms with E-state index in [1.807, 2.05) is 0 Å². The van der Waals surface area contributed by atoms with Crippen LogP contribution in [-0.2, 0) is 0 Å². The number of halogens is 2. The summed E-state index contributed by atoms with van der Waals surface area (Å²) in [5, 5.41) is 0. The third kappa shape index (κ3) is 2.01. The van der Waals surface area contributed by atoms with Gasteiger partial charge < -0.3 is 5.73 Å². The van der Waals surface area contributed by atoms with Gasteiger partial charge in [0.1, 0.15) is 0 Å². The van der Waals surface area contributed by atoms with Crippen molar-refractivity contribution in [2.45, 2.75) is 50.5 Å². The van der Waals surface area contributed by atoms with Crippen molar-refractivity contribution in [3.63, 3.8) is 0 Å². The van der Waals surface area contributed by atoms with E-state index in [4.69, 9.17) is 5.73 Å². The first-order valence-electron chi connectivity index (χ1n) is 5.20. The Balaban J connectivity index is 1.69. The molecule has 0 aliphatic heterocycles. The Morgan fingerprint density at radius 1 is 1.31 bits per heavy atom. The van der Waals surface area contributed by atoms with E-state index in [9.17, 15) is 8.78 Å². The molecule has 0 aromatic carbocycles. The van der Waals surface area contributed by atoms with Crippen LogP contribution >= 0.6 is 0 Å². The van der Waals surface area contributed by atoms with Crippen LogP contribution in [0.15, 0.2) is 0 Å². The fourth-order valence-corrected chi connectivity index (χ4v) is 2.32. The van der Waals surface area contributed by atoms with E-state index in [1.54, 1.807) is 0 Å². The Morgan fingerprint density at radius 3 is 2.31 bits per heavy atom. The Morgan fingerprint density at radius 2 is 1.92 bits per heavy atom. The molecule has 1 unspecified atom stereocenters. The van der Waals surface area contributed by atoms with Gasteiger partial charge in [0.2, 0.25) is 5.92 Å². The van der Waals surface area contributed by atoms with Crippen molar-refractivity contribution in [1.82, 2.24) is 0 Å². The van der Waals surface area contributed by atoms with Gasteiger partial charge in [-0.2, -0.15) is 0 Å². The maximum absolute atomic E-state index is 12.5. The Kier molecular flexibility index (Phi) is 2.30. The lowest BCUT2D eigenvalue weighted by molar-refractivity contribution is -0.118. The van der Waals surface area contributed by atoms with Crippen LogP contribution < -0.4 is 5.73 Å². The van der Waals surface area contributed by atoms with Crippen molar-refractivity contribution in [2.75, 3.05) is 0 Å². The van der Waals surface area contributed by atoms with Crippen molar-refractivity contribution in [3.8, 4) is 0 Å². The highest BCUT2D eigenvalue weighted by Gasteiger charge is 2.47. The fourth-order valence-electron chi connectivity index (χ4n) is 2.32. The van der Waals surface area contributed by atoms with Gasteiger partial charge in [-0.15, -0.1) is 0 Å². The van der Waals surface area contributed by atoms with Gasteiger partial charge in [-0.25, -0.2) is 8.78 Å². The van der Waals surface area contributed by atoms with Gasteiger partial charge in [0.15, 0.2) is 0 Å². The van der Waals surface area contributed by atoms with E-state index in [2.05, 4.69) is 0 Å². The highest BCUT2D eigenvalue weighted by molar-refractivity contribution is 4.93. The van der Waals surface area contributed by atoms with Gasteiger partial charge in [0.05, 0.1) is 0 Å². The van der Waals surface area contributed by atoms with E-state index < -0.39 is 5.92 Å². The first-order chi connectivity index (χ1) is 6.07. The SMILES string of the molecule is NC(CC1CCC1)C1CC(F)(F)C1. The molecule has 0 spiro atoms. The summed E-state index contributed by atoms with van der Waals surface area (Å²) in [6.45, 7) is 0. The number of nitrogens with two attached hydrogens (primary N) is 1. The molecule has 0 aromatic rings. The molecule has 1 atom stereocenters. The Bertz CT molecular complexity index is 181. The van der Waals surface area contributed by atoms with Gasteiger partial charge >= 0.3 is 0 Å². The molecule has 2 fully saturated rings. The van der Waals surface area contributed by atoms with Crippen LogP contribution in [0.4, 0.5) is 8.78 Å². The van der Waals surface area contributed by atoms with Crippen LogP contribution in [0.1, 0.15) is 38.5 Å². The number of hydrogen-bond acceptors (Lipinski definition) is 1. The summed E-state index contributed by atoms with van der Waals surface area (Å²) in [6.07, 6.45) is 4.86. The summed E-state index contributed by atoms with van der Waals surface area (Å²) >= 11 is 0. The maximum Gasteiger partial charge on any atom is 0.248 e. The van der Waals surface area contributed by atoms with E-state index in [-0.39, 0.29) is 24.8 Å². The molecule has 1 nitrogen and oxygen atoms in total. The summed E-state index contributed by atoms with van der Waals surface area (Å²) in [6, 6.07) is 0.0323. The number of rotatable bonds is 3. The van der Waals surface area contributed by atoms with Crippen molar-refractivity contribution < 1.29 is 8.78 Å². The van der Waals surface area contributed by atoms with Crippen LogP contribution in [0.5, 0.6) is 0 Å². The van der Waals surface area contributed by atoms with Crippen molar-refractivity contribution >= 4 is 0 Å². The molecule has 76 valence electrons. The van der Waals surface area contributed by atoms with E-state index >= 15 is 0 Å². The summed E-state index contributed by atoms with van der Waals surface area (Å²) in [5.74, 6) is -1.57. The third-order valence-electron chi connectivity index (χ3n) is 3.56. The molecule has 0 radical (unpaired) electrons. The summed E-state index contributed by atoms with van der Waals surface area (Å²) in [5.41, 5.74) is 5.88. The van der Waals surface area contributed by atoms with Gasteiger partial charge in [0.25, 0.3) is 0 Å². The van der Waals surface area contributed by atoms with Gasteiger partial charge in [0, 0.05) is 18.9 Å². The first-order valence-corrected chi connectivity index (χ1v) is 5.20. The molecule has 0 saturated heterocycles. The van der Waals surface area contributed by atoms with Crippen LogP contribution in [0.25, 0.3) is 0 Å². The first kappa shape index (κ1) is 9.38. The zero-order chi connectivity index (χ0) is 9.47. The predicted octanol–water partition coefficient (Wildman–Crippen LogP) is 2.55. The molecule has 13 heavy (non-hydrogen) atoms. The highest BCUT2D eigenvalue weighted by atomic mass is 19.3. The second-order valence-corrected chi connectivity index (χ2v) is 4.72. The largest absolute Gasteiger partial charge is 0.327 e. The lowest BCUT2D eigenvalue weighted by Crippen LogP contribution is -2.46. The lowest BCUT2D eigenvalue weighted by atomic mass is 9.71. The molecule has 2 saturated carbocycles. The van der Waals surface area contributed by atoms with Crippen LogP contribution in [-0.4, -0.2) is 12.0 Å². The maximum atomic E-state index is 12.5. The standard InChI is InChI=1S/C10H17F2N/c11-10(12)5-8(6-10)9(13)4-7-2-1-3-7/h7-9H,1-6,13H2. The minimum absolute atomic E-state index is 0.0287. The molecular formula is C10H17F2N. The summed E-state index contributed by atoms with van der Waals surface area (Å²) in [4.78, 5) is 0. The fraction of sp³-hybridized carbons (Fsp3) is 1.00. The van der Waals surface area contributed by atoms with Crippen molar-refractivity contribution in [3.05, 3.63) is 0 Å². The zero-order valence-corrected chi connectivity index (χ0v) is 7.81. The van der Waals surface area contributed by atoms with Crippen LogP contribution in [0.2, 0.25) is 0 Å². The second kappa shape index (κ2) is 3.19. The van der Waals surface area contributed by atoms with Gasteiger partial charge in [-0.05, 0) is 18.3 Å². The average Bonchev–Trinajstić information content (AvgIpc) is 1.91. The predicted molar refractivity (Wildman–Crippen MR) is 47.6 cm³/mol. The molecule has 2 N–H and O–H groups in total. The molecule has 0 bridgehead atoms. The Hall–Kier alpha value is -0.180. The van der Waals surface area contributed by atoms with Crippen molar-refractivity contribution in [1.29, 1.82) is 0 Å². The quantitative estimate of drug-likeness (QED) is 0.725. The van der Waals surface area contributed by atoms with Crippen molar-refractivity contribution in [2.24, 2.45) is 17.6 Å². The van der Waals surface area contributed by atoms with E-state index in [0.717, 1.165) is 12.3 Å². The molecular weight excluding hydrogens is 172 g/mol. The normalized spacial score (nSPS) is 30.7. The topological polar surface area (TPSA) is 26.0 Å². The molecule has 0 amide bonds. The van der Waals surface area contributed by atoms with Crippen LogP contribution in [0, 0.1) is 11.8 Å². The van der Waals surface area contributed by atoms with E-state index in [1.165, 1.54) is 19.3 Å². The molecule has 2 aliphatic rings. The minimum atomic E-state index is -2.40. The van der Waals surface area contributed by atoms with E-state index in [0.29, 0.717) is 0 Å². The zero-order valence-electron chi connectivity index (χ0n) is 7.81. The Labute approximate surface area is 77.7 Å². The summed E-state index contributed by atoms with van der Waals surface area (Å²) in [7, 11) is 0. The third-order valence-corrected chi connectivity index (χ3v) is 3.56. The molecule has 0 aromatic heterocycles. The number of hydrogen-bond donors (Lipinski definition) is 1. The summed E-state index contributed by atoms with van der Waals surface area (Å²) < 4.78 is 25.1. The lowest BCUT2D eigenvalue weighted by Gasteiger charge is -2.40. The average molecular weight is 189 g/mol. The van der Waals surface area contributed by atoms with Gasteiger partial charge in [-0.3, -0.25) is 0 Å². The smallest absolute Gasteiger partial charge is 0.248 e. The van der Waals surface area contributed by atoms with Gasteiger partial charge in [-0.1, -0.05) is 19.3 Å². The molecule has 2 rings (SSSR count). The molecule has 0 heterocycles. The molecule has 2 aliphatic carbocycles. The molecule has 3 heteroatoms. The number of alkyl halides is 2. The van der Waals surface area contributed by atoms with Crippen LogP contribution in [0.3, 0.4) is 0 Å². The minimum Gasteiger partial charge on any atom is -0.327 e.